The number of rotatable bonds is 5. The molecule has 2 aromatic carbocycles. The van der Waals surface area contributed by atoms with Crippen molar-refractivity contribution in [2.75, 3.05) is 12.4 Å². The number of methoxy groups -OCH3 is 1. The SMILES string of the molecule is COc1ccc(O)c(/C=N/NC(=O)C(=O)Nc2nnc(-c3ccccc3)s2)c1. The lowest BCUT2D eigenvalue weighted by Crippen LogP contribution is -2.32. The van der Waals surface area contributed by atoms with Crippen molar-refractivity contribution in [2.24, 2.45) is 5.10 Å². The van der Waals surface area contributed by atoms with Crippen LogP contribution in [0.2, 0.25) is 0 Å². The fourth-order valence-electron chi connectivity index (χ4n) is 2.10. The molecule has 0 aliphatic heterocycles. The number of carbonyl (C=O) groups excluding carboxylic acids is 2. The Bertz CT molecular complexity index is 1020. The molecule has 0 aliphatic carbocycles. The molecule has 3 N–H and O–H groups in total. The van der Waals surface area contributed by atoms with Crippen molar-refractivity contribution in [3.63, 3.8) is 0 Å². The van der Waals surface area contributed by atoms with Crippen LogP contribution in [-0.4, -0.2) is 40.4 Å². The lowest BCUT2D eigenvalue weighted by atomic mass is 10.2. The number of ether oxygens (including phenoxy) is 1. The molecule has 9 nitrogen and oxygen atoms in total. The van der Waals surface area contributed by atoms with Crippen molar-refractivity contribution < 1.29 is 19.4 Å². The molecule has 0 unspecified atom stereocenters. The summed E-state index contributed by atoms with van der Waals surface area (Å²) in [6.07, 6.45) is 1.20. The van der Waals surface area contributed by atoms with Crippen molar-refractivity contribution >= 4 is 34.5 Å². The van der Waals surface area contributed by atoms with Gasteiger partial charge in [-0.3, -0.25) is 14.9 Å². The second-order valence-electron chi connectivity index (χ2n) is 5.36. The van der Waals surface area contributed by atoms with Gasteiger partial charge in [-0.2, -0.15) is 5.10 Å². The Morgan fingerprint density at radius 3 is 2.68 bits per heavy atom. The smallest absolute Gasteiger partial charge is 0.329 e. The lowest BCUT2D eigenvalue weighted by molar-refractivity contribution is -0.136. The first-order valence-electron chi connectivity index (χ1n) is 7.97. The fourth-order valence-corrected chi connectivity index (χ4v) is 2.84. The molecule has 3 aromatic rings. The second-order valence-corrected chi connectivity index (χ2v) is 6.33. The molecule has 3 rings (SSSR count). The normalized spacial score (nSPS) is 10.6. The number of anilines is 1. The highest BCUT2D eigenvalue weighted by molar-refractivity contribution is 7.18. The molecule has 1 aromatic heterocycles. The third-order valence-electron chi connectivity index (χ3n) is 3.48. The van der Waals surface area contributed by atoms with E-state index in [9.17, 15) is 14.7 Å². The first-order valence-corrected chi connectivity index (χ1v) is 8.79. The third-order valence-corrected chi connectivity index (χ3v) is 4.36. The van der Waals surface area contributed by atoms with Gasteiger partial charge >= 0.3 is 11.8 Å². The zero-order chi connectivity index (χ0) is 19.9. The number of hydrogen-bond acceptors (Lipinski definition) is 8. The van der Waals surface area contributed by atoms with Gasteiger partial charge in [-0.05, 0) is 18.2 Å². The minimum absolute atomic E-state index is 0.0504. The molecule has 0 saturated carbocycles. The van der Waals surface area contributed by atoms with Crippen LogP contribution < -0.4 is 15.5 Å². The largest absolute Gasteiger partial charge is 0.507 e. The monoisotopic (exact) mass is 397 g/mol. The van der Waals surface area contributed by atoms with E-state index in [0.29, 0.717) is 16.3 Å². The van der Waals surface area contributed by atoms with Gasteiger partial charge in [-0.1, -0.05) is 41.7 Å². The van der Waals surface area contributed by atoms with E-state index < -0.39 is 11.8 Å². The summed E-state index contributed by atoms with van der Waals surface area (Å²) in [6, 6.07) is 13.9. The average molecular weight is 397 g/mol. The van der Waals surface area contributed by atoms with Gasteiger partial charge in [0.1, 0.15) is 16.5 Å². The summed E-state index contributed by atoms with van der Waals surface area (Å²) in [6.45, 7) is 0. The first kappa shape index (κ1) is 19.0. The van der Waals surface area contributed by atoms with E-state index in [-0.39, 0.29) is 10.9 Å². The highest BCUT2D eigenvalue weighted by atomic mass is 32.1. The van der Waals surface area contributed by atoms with Gasteiger partial charge in [0.05, 0.1) is 13.3 Å². The second kappa shape index (κ2) is 8.73. The number of carbonyl (C=O) groups is 2. The zero-order valence-corrected chi connectivity index (χ0v) is 15.4. The average Bonchev–Trinajstić information content (AvgIpc) is 3.18. The highest BCUT2D eigenvalue weighted by Crippen LogP contribution is 2.25. The Morgan fingerprint density at radius 2 is 1.93 bits per heavy atom. The Hall–Kier alpha value is -3.79. The van der Waals surface area contributed by atoms with E-state index in [1.165, 1.54) is 25.5 Å². The van der Waals surface area contributed by atoms with Gasteiger partial charge in [-0.25, -0.2) is 5.43 Å². The summed E-state index contributed by atoms with van der Waals surface area (Å²) in [5.41, 5.74) is 3.25. The number of amides is 2. The van der Waals surface area contributed by atoms with Gasteiger partial charge < -0.3 is 9.84 Å². The molecule has 0 atom stereocenters. The summed E-state index contributed by atoms with van der Waals surface area (Å²) in [7, 11) is 1.48. The minimum atomic E-state index is -0.991. The lowest BCUT2D eigenvalue weighted by Gasteiger charge is -2.03. The topological polar surface area (TPSA) is 126 Å². The van der Waals surface area contributed by atoms with Crippen LogP contribution in [0, 0.1) is 0 Å². The van der Waals surface area contributed by atoms with E-state index >= 15 is 0 Å². The van der Waals surface area contributed by atoms with Crippen molar-refractivity contribution in [3.8, 4) is 22.1 Å². The quantitative estimate of drug-likeness (QED) is 0.343. The van der Waals surface area contributed by atoms with E-state index in [1.807, 2.05) is 30.3 Å². The van der Waals surface area contributed by atoms with Crippen LogP contribution in [0.4, 0.5) is 5.13 Å². The summed E-state index contributed by atoms with van der Waals surface area (Å²) >= 11 is 1.14. The van der Waals surface area contributed by atoms with E-state index in [1.54, 1.807) is 6.07 Å². The number of nitrogens with one attached hydrogen (secondary N) is 2. The molecule has 0 radical (unpaired) electrons. The van der Waals surface area contributed by atoms with Crippen LogP contribution in [0.3, 0.4) is 0 Å². The number of phenols is 1. The molecule has 1 heterocycles. The van der Waals surface area contributed by atoms with Crippen molar-refractivity contribution in [3.05, 3.63) is 54.1 Å². The van der Waals surface area contributed by atoms with Crippen molar-refractivity contribution in [2.45, 2.75) is 0 Å². The summed E-state index contributed by atoms with van der Waals surface area (Å²) in [5.74, 6) is -1.47. The first-order chi connectivity index (χ1) is 13.6. The van der Waals surface area contributed by atoms with Gasteiger partial charge in [0.15, 0.2) is 0 Å². The highest BCUT2D eigenvalue weighted by Gasteiger charge is 2.16. The van der Waals surface area contributed by atoms with Crippen LogP contribution in [-0.2, 0) is 9.59 Å². The Kier molecular flexibility index (Phi) is 5.92. The summed E-state index contributed by atoms with van der Waals surface area (Å²) in [5, 5.41) is 24.4. The molecule has 0 spiro atoms. The molecular weight excluding hydrogens is 382 g/mol. The number of aromatic nitrogens is 2. The van der Waals surface area contributed by atoms with E-state index in [4.69, 9.17) is 4.74 Å². The summed E-state index contributed by atoms with van der Waals surface area (Å²) in [4.78, 5) is 23.8. The van der Waals surface area contributed by atoms with Crippen LogP contribution in [0.15, 0.2) is 53.6 Å². The number of hydrogen-bond donors (Lipinski definition) is 3. The molecule has 142 valence electrons. The van der Waals surface area contributed by atoms with Crippen molar-refractivity contribution in [1.82, 2.24) is 15.6 Å². The van der Waals surface area contributed by atoms with Crippen LogP contribution in [0.25, 0.3) is 10.6 Å². The maximum Gasteiger partial charge on any atom is 0.329 e. The molecule has 10 heteroatoms. The van der Waals surface area contributed by atoms with Gasteiger partial charge in [0, 0.05) is 11.1 Å². The number of hydrazone groups is 1. The fraction of sp³-hybridized carbons (Fsp3) is 0.0556. The third kappa shape index (κ3) is 4.68. The van der Waals surface area contributed by atoms with Crippen LogP contribution in [0.5, 0.6) is 11.5 Å². The maximum absolute atomic E-state index is 11.9. The zero-order valence-electron chi connectivity index (χ0n) is 14.6. The standard InChI is InChI=1S/C18H15N5O4S/c1-27-13-7-8-14(24)12(9-13)10-19-21-16(26)15(25)20-18-23-22-17(28-18)11-5-3-2-4-6-11/h2-10,24H,1H3,(H,21,26)(H,20,23,25)/b19-10+. The van der Waals surface area contributed by atoms with Gasteiger partial charge in [0.2, 0.25) is 5.13 Å². The van der Waals surface area contributed by atoms with Gasteiger partial charge in [0.25, 0.3) is 0 Å². The molecule has 0 aliphatic rings. The number of phenolic OH excluding ortho intramolecular Hbond substituents is 1. The Morgan fingerprint density at radius 1 is 1.14 bits per heavy atom. The summed E-state index contributed by atoms with van der Waals surface area (Å²) < 4.78 is 5.04. The minimum Gasteiger partial charge on any atom is -0.507 e. The predicted molar refractivity (Wildman–Crippen MR) is 104 cm³/mol. The van der Waals surface area contributed by atoms with Gasteiger partial charge in [-0.15, -0.1) is 10.2 Å². The number of nitrogens with zero attached hydrogens (tertiary/aromatic N) is 3. The number of aromatic hydroxyl groups is 1. The number of benzene rings is 2. The Balaban J connectivity index is 1.58. The predicted octanol–water partition coefficient (Wildman–Crippen LogP) is 2.01. The van der Waals surface area contributed by atoms with E-state index in [2.05, 4.69) is 26.0 Å². The maximum atomic E-state index is 11.9. The van der Waals surface area contributed by atoms with Crippen LogP contribution >= 0.6 is 11.3 Å². The molecule has 0 saturated heterocycles. The van der Waals surface area contributed by atoms with Crippen molar-refractivity contribution in [1.29, 1.82) is 0 Å². The molecule has 0 fully saturated rings. The molecule has 2 amide bonds. The van der Waals surface area contributed by atoms with E-state index in [0.717, 1.165) is 16.9 Å². The molecule has 28 heavy (non-hydrogen) atoms. The molecular formula is C18H15N5O4S. The molecule has 0 bridgehead atoms. The van der Waals surface area contributed by atoms with Crippen LogP contribution in [0.1, 0.15) is 5.56 Å². The Labute approximate surface area is 163 Å².